The van der Waals surface area contributed by atoms with E-state index >= 15 is 0 Å². The Morgan fingerprint density at radius 3 is 2.23 bits per heavy atom. The number of amides is 3. The number of carboxylic acids is 1. The maximum absolute atomic E-state index is 12.9. The molecule has 1 aliphatic rings. The number of benzene rings is 2. The Balaban J connectivity index is 1.37. The van der Waals surface area contributed by atoms with E-state index < -0.39 is 12.0 Å². The third-order valence-corrected chi connectivity index (χ3v) is 6.12. The number of pyridine rings is 1. The molecule has 1 atom stereocenters. The molecule has 2 heterocycles. The smallest absolute Gasteiger partial charge is 0.335 e. The predicted molar refractivity (Wildman–Crippen MR) is 135 cm³/mol. The monoisotopic (exact) mass is 472 g/mol. The van der Waals surface area contributed by atoms with Gasteiger partial charge in [-0.25, -0.2) is 14.6 Å². The number of carbonyl (C=O) groups excluding carboxylic acids is 2. The number of nitrogens with one attached hydrogen (secondary N) is 2. The van der Waals surface area contributed by atoms with Crippen molar-refractivity contribution in [3.8, 4) is 11.1 Å². The van der Waals surface area contributed by atoms with E-state index in [1.165, 1.54) is 17.7 Å². The van der Waals surface area contributed by atoms with Crippen LogP contribution in [0.15, 0.2) is 66.9 Å². The SMILES string of the molecule is CC(C)c1ccc(NC(=O)N2CCC[C@H]2C(=O)Nc2ccc(-c3ccc(C(=O)O)cc3)cn2)cc1. The Hall–Kier alpha value is -4.20. The van der Waals surface area contributed by atoms with Crippen LogP contribution < -0.4 is 10.6 Å². The lowest BCUT2D eigenvalue weighted by molar-refractivity contribution is -0.119. The average Bonchev–Trinajstić information content (AvgIpc) is 3.35. The lowest BCUT2D eigenvalue weighted by Crippen LogP contribution is -2.45. The summed E-state index contributed by atoms with van der Waals surface area (Å²) >= 11 is 0. The minimum Gasteiger partial charge on any atom is -0.478 e. The molecule has 1 aromatic heterocycles. The van der Waals surface area contributed by atoms with Crippen molar-refractivity contribution < 1.29 is 19.5 Å². The summed E-state index contributed by atoms with van der Waals surface area (Å²) in [5.74, 6) is -0.464. The van der Waals surface area contributed by atoms with Crippen molar-refractivity contribution in [2.24, 2.45) is 0 Å². The molecular formula is C27H28N4O4. The number of likely N-dealkylation sites (tertiary alicyclic amines) is 1. The number of nitrogens with zero attached hydrogens (tertiary/aromatic N) is 2. The second kappa shape index (κ2) is 10.4. The van der Waals surface area contributed by atoms with Crippen LogP contribution in [0, 0.1) is 0 Å². The molecule has 3 amide bonds. The molecule has 0 spiro atoms. The van der Waals surface area contributed by atoms with Crippen LogP contribution in [-0.2, 0) is 4.79 Å². The lowest BCUT2D eigenvalue weighted by Gasteiger charge is -2.24. The van der Waals surface area contributed by atoms with Crippen LogP contribution in [0.5, 0.6) is 0 Å². The molecule has 2 aromatic carbocycles. The fourth-order valence-corrected chi connectivity index (χ4v) is 4.08. The van der Waals surface area contributed by atoms with Crippen molar-refractivity contribution in [2.75, 3.05) is 17.2 Å². The molecular weight excluding hydrogens is 444 g/mol. The predicted octanol–water partition coefficient (Wildman–Crippen LogP) is 5.21. The first-order chi connectivity index (χ1) is 16.8. The zero-order valence-corrected chi connectivity index (χ0v) is 19.7. The van der Waals surface area contributed by atoms with Crippen LogP contribution in [0.3, 0.4) is 0 Å². The van der Waals surface area contributed by atoms with E-state index in [9.17, 15) is 14.4 Å². The molecule has 8 nitrogen and oxygen atoms in total. The van der Waals surface area contributed by atoms with Gasteiger partial charge in [-0.05, 0) is 66.3 Å². The molecule has 0 aliphatic carbocycles. The van der Waals surface area contributed by atoms with Crippen LogP contribution in [0.1, 0.15) is 48.5 Å². The summed E-state index contributed by atoms with van der Waals surface area (Å²) in [5, 5.41) is 14.7. The highest BCUT2D eigenvalue weighted by molar-refractivity contribution is 5.99. The van der Waals surface area contributed by atoms with Crippen molar-refractivity contribution >= 4 is 29.4 Å². The van der Waals surface area contributed by atoms with E-state index in [4.69, 9.17) is 5.11 Å². The molecule has 0 saturated carbocycles. The van der Waals surface area contributed by atoms with Crippen molar-refractivity contribution in [3.63, 3.8) is 0 Å². The van der Waals surface area contributed by atoms with Crippen molar-refractivity contribution in [3.05, 3.63) is 78.0 Å². The molecule has 8 heteroatoms. The van der Waals surface area contributed by atoms with E-state index in [2.05, 4.69) is 29.5 Å². The topological polar surface area (TPSA) is 112 Å². The molecule has 4 rings (SSSR count). The highest BCUT2D eigenvalue weighted by Gasteiger charge is 2.34. The number of hydrogen-bond acceptors (Lipinski definition) is 4. The third-order valence-electron chi connectivity index (χ3n) is 6.12. The van der Waals surface area contributed by atoms with Gasteiger partial charge in [0.2, 0.25) is 5.91 Å². The van der Waals surface area contributed by atoms with Gasteiger partial charge >= 0.3 is 12.0 Å². The van der Waals surface area contributed by atoms with Crippen molar-refractivity contribution in [1.29, 1.82) is 0 Å². The van der Waals surface area contributed by atoms with Gasteiger partial charge in [0.05, 0.1) is 5.56 Å². The summed E-state index contributed by atoms with van der Waals surface area (Å²) < 4.78 is 0. The third kappa shape index (κ3) is 5.66. The van der Waals surface area contributed by atoms with Crippen LogP contribution in [0.25, 0.3) is 11.1 Å². The Morgan fingerprint density at radius 1 is 0.943 bits per heavy atom. The number of aromatic carboxylic acids is 1. The van der Waals surface area contributed by atoms with Crippen molar-refractivity contribution in [2.45, 2.75) is 38.6 Å². The highest BCUT2D eigenvalue weighted by atomic mass is 16.4. The van der Waals surface area contributed by atoms with Gasteiger partial charge in [-0.1, -0.05) is 38.1 Å². The summed E-state index contributed by atoms with van der Waals surface area (Å²) in [6, 6.07) is 16.8. The maximum Gasteiger partial charge on any atom is 0.335 e. The summed E-state index contributed by atoms with van der Waals surface area (Å²) in [4.78, 5) is 42.7. The standard InChI is InChI=1S/C27H28N4O4/c1-17(2)18-9-12-22(13-10-18)29-27(35)31-15-3-4-23(31)25(32)30-24-14-11-21(16-28-24)19-5-7-20(8-6-19)26(33)34/h5-14,16-17,23H,3-4,15H2,1-2H3,(H,29,35)(H,33,34)(H,28,30,32)/t23-/m0/s1. The molecule has 0 radical (unpaired) electrons. The van der Waals surface area contributed by atoms with Gasteiger partial charge in [0.25, 0.3) is 0 Å². The van der Waals surface area contributed by atoms with Crippen LogP contribution in [0.2, 0.25) is 0 Å². The second-order valence-corrected chi connectivity index (χ2v) is 8.86. The van der Waals surface area contributed by atoms with Gasteiger partial charge in [-0.15, -0.1) is 0 Å². The Kier molecular flexibility index (Phi) is 7.10. The number of carbonyl (C=O) groups is 3. The van der Waals surface area contributed by atoms with E-state index in [-0.39, 0.29) is 17.5 Å². The van der Waals surface area contributed by atoms with Gasteiger partial charge in [-0.3, -0.25) is 4.79 Å². The zero-order chi connectivity index (χ0) is 24.9. The first-order valence-electron chi connectivity index (χ1n) is 11.6. The quantitative estimate of drug-likeness (QED) is 0.456. The molecule has 1 fully saturated rings. The van der Waals surface area contributed by atoms with E-state index in [1.807, 2.05) is 24.3 Å². The maximum atomic E-state index is 12.9. The number of urea groups is 1. The number of anilines is 2. The minimum atomic E-state index is -0.980. The van der Waals surface area contributed by atoms with Gasteiger partial charge in [0.1, 0.15) is 11.9 Å². The normalized spacial score (nSPS) is 15.2. The molecule has 1 saturated heterocycles. The Morgan fingerprint density at radius 2 is 1.63 bits per heavy atom. The second-order valence-electron chi connectivity index (χ2n) is 8.86. The van der Waals surface area contributed by atoms with Gasteiger partial charge in [0, 0.05) is 24.0 Å². The van der Waals surface area contributed by atoms with Crippen LogP contribution >= 0.6 is 0 Å². The molecule has 0 unspecified atom stereocenters. The van der Waals surface area contributed by atoms with Gasteiger partial charge in [-0.2, -0.15) is 0 Å². The Labute approximate surface area is 204 Å². The molecule has 0 bridgehead atoms. The van der Waals surface area contributed by atoms with Crippen LogP contribution in [-0.4, -0.2) is 45.5 Å². The summed E-state index contributed by atoms with van der Waals surface area (Å²) in [6.45, 7) is 4.73. The lowest BCUT2D eigenvalue weighted by atomic mass is 10.0. The van der Waals surface area contributed by atoms with Crippen molar-refractivity contribution in [1.82, 2.24) is 9.88 Å². The Bertz CT molecular complexity index is 1210. The van der Waals surface area contributed by atoms with Gasteiger partial charge < -0.3 is 20.6 Å². The summed E-state index contributed by atoms with van der Waals surface area (Å²) in [7, 11) is 0. The summed E-state index contributed by atoms with van der Waals surface area (Å²) in [5.41, 5.74) is 3.71. The number of rotatable bonds is 6. The number of aromatic nitrogens is 1. The van der Waals surface area contributed by atoms with Gasteiger partial charge in [0.15, 0.2) is 0 Å². The zero-order valence-electron chi connectivity index (χ0n) is 19.7. The first kappa shape index (κ1) is 23.9. The largest absolute Gasteiger partial charge is 0.478 e. The first-order valence-corrected chi connectivity index (χ1v) is 11.6. The molecule has 3 N–H and O–H groups in total. The van der Waals surface area contributed by atoms with Crippen LogP contribution in [0.4, 0.5) is 16.3 Å². The number of carboxylic acid groups (broad SMARTS) is 1. The number of hydrogen-bond donors (Lipinski definition) is 3. The molecule has 35 heavy (non-hydrogen) atoms. The highest BCUT2D eigenvalue weighted by Crippen LogP contribution is 2.23. The van der Waals surface area contributed by atoms with E-state index in [0.29, 0.717) is 30.4 Å². The fraction of sp³-hybridized carbons (Fsp3) is 0.259. The molecule has 180 valence electrons. The summed E-state index contributed by atoms with van der Waals surface area (Å²) in [6.07, 6.45) is 2.95. The molecule has 1 aliphatic heterocycles. The minimum absolute atomic E-state index is 0.211. The fourth-order valence-electron chi connectivity index (χ4n) is 4.08. The van der Waals surface area contributed by atoms with E-state index in [1.54, 1.807) is 35.4 Å². The molecule has 3 aromatic rings. The average molecular weight is 473 g/mol. The van der Waals surface area contributed by atoms with E-state index in [0.717, 1.165) is 17.5 Å².